The van der Waals surface area contributed by atoms with Crippen molar-refractivity contribution in [2.75, 3.05) is 13.5 Å². The molecule has 1 aromatic carbocycles. The van der Waals surface area contributed by atoms with Crippen molar-refractivity contribution in [2.24, 2.45) is 0 Å². The molecular weight excluding hydrogens is 170 g/mol. The monoisotopic (exact) mass is 189 g/mol. The van der Waals surface area contributed by atoms with Crippen LogP contribution in [0.15, 0.2) is 18.2 Å². The smallest absolute Gasteiger partial charge is 0.157 e. The standard InChI is InChI=1S/C9H13NO3/c1-10-5-9(13)6-2-3-7(11)8(12)4-6/h2-4,9-13H,5H2,1H3/i1D3,5D2,9D. The summed E-state index contributed by atoms with van der Waals surface area (Å²) in [6.45, 7) is -5.92. The van der Waals surface area contributed by atoms with Crippen molar-refractivity contribution in [2.45, 2.75) is 6.08 Å². The summed E-state index contributed by atoms with van der Waals surface area (Å²) in [6, 6.07) is 2.73. The fourth-order valence-electron chi connectivity index (χ4n) is 0.802. The first-order valence-electron chi connectivity index (χ1n) is 6.41. The van der Waals surface area contributed by atoms with Gasteiger partial charge in [-0.05, 0) is 24.7 Å². The third-order valence-electron chi connectivity index (χ3n) is 1.43. The van der Waals surface area contributed by atoms with Gasteiger partial charge < -0.3 is 20.6 Å². The zero-order valence-corrected chi connectivity index (χ0v) is 6.57. The third kappa shape index (κ3) is 2.34. The van der Waals surface area contributed by atoms with Gasteiger partial charge >= 0.3 is 0 Å². The Morgan fingerprint density at radius 2 is 2.38 bits per heavy atom. The lowest BCUT2D eigenvalue weighted by Gasteiger charge is -2.10. The zero-order chi connectivity index (χ0) is 15.1. The molecule has 4 N–H and O–H groups in total. The first-order chi connectivity index (χ1) is 8.37. The molecule has 4 nitrogen and oxygen atoms in total. The number of hydrogen-bond acceptors (Lipinski definition) is 4. The van der Waals surface area contributed by atoms with Crippen molar-refractivity contribution in [3.8, 4) is 11.5 Å². The molecule has 0 fully saturated rings. The number of aliphatic hydroxyl groups is 1. The minimum atomic E-state index is -3.01. The predicted octanol–water partition coefficient (Wildman–Crippen LogP) is 0.351. The molecule has 72 valence electrons. The summed E-state index contributed by atoms with van der Waals surface area (Å²) in [6.07, 6.45) is -2.98. The molecule has 0 heterocycles. The van der Waals surface area contributed by atoms with Crippen LogP contribution in [-0.4, -0.2) is 28.8 Å². The molecule has 0 saturated carbocycles. The summed E-state index contributed by atoms with van der Waals surface area (Å²) in [7, 11) is 0. The molecule has 4 heteroatoms. The lowest BCUT2D eigenvalue weighted by Crippen LogP contribution is -2.16. The Balaban J connectivity index is 3.17. The molecule has 0 saturated heterocycles. The van der Waals surface area contributed by atoms with E-state index in [1.54, 1.807) is 0 Å². The number of likely N-dealkylation sites (N-methyl/N-ethyl adjacent to an activating group) is 1. The van der Waals surface area contributed by atoms with Crippen molar-refractivity contribution in [3.63, 3.8) is 0 Å². The lowest BCUT2D eigenvalue weighted by molar-refractivity contribution is 0.177. The minimum absolute atomic E-state index is 0.412. The van der Waals surface area contributed by atoms with Crippen molar-refractivity contribution in [1.82, 2.24) is 5.32 Å². The second kappa shape index (κ2) is 4.11. The third-order valence-corrected chi connectivity index (χ3v) is 1.43. The SMILES string of the molecule is [2H]C([2H])([2H])NC([2H])([2H])C([2H])(O)c1ccc(O)c(O)c1. The number of nitrogens with one attached hydrogen (secondary N) is 1. The van der Waals surface area contributed by atoms with Crippen molar-refractivity contribution in [1.29, 1.82) is 0 Å². The van der Waals surface area contributed by atoms with Crippen LogP contribution >= 0.6 is 0 Å². The number of phenols is 2. The average Bonchev–Trinajstić information content (AvgIpc) is 2.18. The molecule has 0 aromatic heterocycles. The molecule has 1 unspecified atom stereocenters. The Kier molecular flexibility index (Phi) is 1.36. The first kappa shape index (κ1) is 4.30. The van der Waals surface area contributed by atoms with E-state index in [-0.39, 0.29) is 0 Å². The maximum Gasteiger partial charge on any atom is 0.157 e. The van der Waals surface area contributed by atoms with Gasteiger partial charge in [0.15, 0.2) is 11.5 Å². The van der Waals surface area contributed by atoms with Gasteiger partial charge in [-0.1, -0.05) is 6.07 Å². The van der Waals surface area contributed by atoms with Gasteiger partial charge in [0.05, 0.1) is 7.45 Å². The molecular formula is C9H13NO3. The van der Waals surface area contributed by atoms with Gasteiger partial charge in [0.1, 0.15) is 0 Å². The van der Waals surface area contributed by atoms with Crippen LogP contribution in [0, 0.1) is 0 Å². The van der Waals surface area contributed by atoms with Gasteiger partial charge in [-0.2, -0.15) is 0 Å². The fourth-order valence-corrected chi connectivity index (χ4v) is 0.802. The van der Waals surface area contributed by atoms with E-state index < -0.39 is 36.6 Å². The number of phenolic OH excluding ortho intramolecular Hbond substituents is 2. The highest BCUT2D eigenvalue weighted by Gasteiger charge is 2.08. The predicted molar refractivity (Wildman–Crippen MR) is 48.7 cm³/mol. The number of aromatic hydroxyl groups is 2. The van der Waals surface area contributed by atoms with Crippen molar-refractivity contribution >= 4 is 0 Å². The Labute approximate surface area is 84.9 Å². The molecule has 0 aliphatic carbocycles. The van der Waals surface area contributed by atoms with Gasteiger partial charge in [0.25, 0.3) is 0 Å². The first-order valence-corrected chi connectivity index (χ1v) is 3.41. The van der Waals surface area contributed by atoms with Crippen LogP contribution in [0.4, 0.5) is 0 Å². The summed E-state index contributed by atoms with van der Waals surface area (Å²) >= 11 is 0. The largest absolute Gasteiger partial charge is 0.504 e. The van der Waals surface area contributed by atoms with E-state index in [2.05, 4.69) is 0 Å². The van der Waals surface area contributed by atoms with E-state index in [4.69, 9.17) is 13.3 Å². The van der Waals surface area contributed by atoms with Crippen LogP contribution in [0.3, 0.4) is 0 Å². The maximum atomic E-state index is 9.88. The normalized spacial score (nSPS) is 24.1. The minimum Gasteiger partial charge on any atom is -0.504 e. The highest BCUT2D eigenvalue weighted by molar-refractivity contribution is 5.41. The average molecular weight is 189 g/mol. The second-order valence-corrected chi connectivity index (χ2v) is 2.30. The van der Waals surface area contributed by atoms with Crippen LogP contribution in [0.1, 0.15) is 19.9 Å². The molecule has 1 atom stereocenters. The van der Waals surface area contributed by atoms with Gasteiger partial charge in [0.2, 0.25) is 0 Å². The molecule has 1 aromatic rings. The number of rotatable bonds is 3. The fraction of sp³-hybridized carbons (Fsp3) is 0.333. The highest BCUT2D eigenvalue weighted by Crippen LogP contribution is 2.27. The molecule has 0 radical (unpaired) electrons. The van der Waals surface area contributed by atoms with Crippen LogP contribution in [-0.2, 0) is 0 Å². The Morgan fingerprint density at radius 1 is 1.62 bits per heavy atom. The van der Waals surface area contributed by atoms with Crippen LogP contribution in [0.5, 0.6) is 11.5 Å². The topological polar surface area (TPSA) is 72.7 Å². The van der Waals surface area contributed by atoms with Gasteiger partial charge in [0, 0.05) is 13.4 Å². The molecule has 1 rings (SSSR count). The molecule has 0 bridgehead atoms. The Bertz CT molecular complexity index is 474. The van der Waals surface area contributed by atoms with E-state index in [0.29, 0.717) is 0 Å². The van der Waals surface area contributed by atoms with E-state index in [1.807, 2.05) is 0 Å². The summed E-state index contributed by atoms with van der Waals surface area (Å²) in [5.41, 5.74) is -0.412. The van der Waals surface area contributed by atoms with E-state index in [9.17, 15) is 10.2 Å². The van der Waals surface area contributed by atoms with Crippen molar-refractivity contribution in [3.05, 3.63) is 23.8 Å². The second-order valence-electron chi connectivity index (χ2n) is 2.30. The highest BCUT2D eigenvalue weighted by atomic mass is 16.3. The van der Waals surface area contributed by atoms with Gasteiger partial charge in [-0.3, -0.25) is 0 Å². The molecule has 0 amide bonds. The van der Waals surface area contributed by atoms with Crippen LogP contribution < -0.4 is 5.32 Å². The Hall–Kier alpha value is -1.26. The summed E-state index contributed by atoms with van der Waals surface area (Å²) < 4.78 is 43.2. The summed E-state index contributed by atoms with van der Waals surface area (Å²) in [5, 5.41) is 29.8. The summed E-state index contributed by atoms with van der Waals surface area (Å²) in [5.74, 6) is -1.17. The van der Waals surface area contributed by atoms with Gasteiger partial charge in [-0.25, -0.2) is 0 Å². The van der Waals surface area contributed by atoms with Gasteiger partial charge in [-0.15, -0.1) is 0 Å². The lowest BCUT2D eigenvalue weighted by atomic mass is 10.1. The quantitative estimate of drug-likeness (QED) is 0.518. The van der Waals surface area contributed by atoms with Crippen LogP contribution in [0.25, 0.3) is 0 Å². The molecule has 0 aliphatic heterocycles. The maximum absolute atomic E-state index is 9.88. The molecule has 0 spiro atoms. The number of hydrogen-bond donors (Lipinski definition) is 4. The summed E-state index contributed by atoms with van der Waals surface area (Å²) in [4.78, 5) is 0. The van der Waals surface area contributed by atoms with Crippen LogP contribution in [0.2, 0.25) is 0 Å². The van der Waals surface area contributed by atoms with E-state index in [1.165, 1.54) is 5.32 Å². The number of benzene rings is 1. The van der Waals surface area contributed by atoms with E-state index in [0.717, 1.165) is 18.2 Å². The van der Waals surface area contributed by atoms with Crippen molar-refractivity contribution < 1.29 is 23.5 Å². The molecule has 0 aliphatic rings. The Morgan fingerprint density at radius 3 is 3.00 bits per heavy atom. The zero-order valence-electron chi connectivity index (χ0n) is 12.6. The van der Waals surface area contributed by atoms with E-state index >= 15 is 0 Å². The molecule has 13 heavy (non-hydrogen) atoms.